The van der Waals surface area contributed by atoms with Gasteiger partial charge in [-0.25, -0.2) is 4.98 Å². The van der Waals surface area contributed by atoms with E-state index in [0.717, 1.165) is 22.6 Å². The number of aromatic nitrogens is 2. The molecule has 1 aromatic heterocycles. The van der Waals surface area contributed by atoms with Crippen LogP contribution < -0.4 is 24.3 Å². The van der Waals surface area contributed by atoms with Crippen molar-refractivity contribution in [3.05, 3.63) is 77.6 Å². The summed E-state index contributed by atoms with van der Waals surface area (Å²) >= 11 is 0. The molecule has 0 saturated carbocycles. The van der Waals surface area contributed by atoms with E-state index < -0.39 is 0 Å². The van der Waals surface area contributed by atoms with E-state index in [1.54, 1.807) is 12.1 Å². The normalized spacial score (nSPS) is 10.8. The first-order chi connectivity index (χ1) is 17.5. The molecule has 8 nitrogen and oxygen atoms in total. The van der Waals surface area contributed by atoms with Crippen molar-refractivity contribution in [2.75, 3.05) is 34.5 Å². The van der Waals surface area contributed by atoms with Gasteiger partial charge in [-0.3, -0.25) is 4.79 Å². The van der Waals surface area contributed by atoms with Crippen LogP contribution in [0, 0.1) is 6.92 Å². The fraction of sp³-hybridized carbons (Fsp3) is 0.286. The van der Waals surface area contributed by atoms with Crippen LogP contribution in [0.2, 0.25) is 0 Å². The topological polar surface area (TPSA) is 83.8 Å². The molecule has 0 atom stereocenters. The number of carbonyl (C=O) groups excluding carboxylic acids is 1. The number of aryl methyl sites for hydroxylation is 1. The van der Waals surface area contributed by atoms with Gasteiger partial charge in [-0.2, -0.15) is 0 Å². The minimum Gasteiger partial charge on any atom is -0.493 e. The van der Waals surface area contributed by atoms with Gasteiger partial charge in [0, 0.05) is 18.5 Å². The van der Waals surface area contributed by atoms with Gasteiger partial charge in [0.05, 0.1) is 38.9 Å². The summed E-state index contributed by atoms with van der Waals surface area (Å²) in [4.78, 5) is 17.7. The average Bonchev–Trinajstić information content (AvgIpc) is 3.26. The number of benzene rings is 3. The molecule has 3 aromatic carbocycles. The summed E-state index contributed by atoms with van der Waals surface area (Å²) in [6.45, 7) is 3.62. The lowest BCUT2D eigenvalue weighted by Gasteiger charge is -2.14. The van der Waals surface area contributed by atoms with Crippen molar-refractivity contribution in [3.8, 4) is 23.0 Å². The van der Waals surface area contributed by atoms with Gasteiger partial charge < -0.3 is 28.8 Å². The van der Waals surface area contributed by atoms with Crippen LogP contribution in [0.5, 0.6) is 23.0 Å². The lowest BCUT2D eigenvalue weighted by Crippen LogP contribution is -2.27. The van der Waals surface area contributed by atoms with Gasteiger partial charge in [-0.05, 0) is 43.3 Å². The molecule has 4 aromatic rings. The van der Waals surface area contributed by atoms with Gasteiger partial charge in [-0.15, -0.1) is 0 Å². The highest BCUT2D eigenvalue weighted by Crippen LogP contribution is 2.38. The van der Waals surface area contributed by atoms with Crippen molar-refractivity contribution in [3.63, 3.8) is 0 Å². The van der Waals surface area contributed by atoms with Crippen LogP contribution in [0.1, 0.15) is 21.7 Å². The number of ether oxygens (including phenoxy) is 4. The van der Waals surface area contributed by atoms with E-state index in [1.807, 2.05) is 55.5 Å². The number of amides is 1. The molecule has 0 radical (unpaired) electrons. The first-order valence-corrected chi connectivity index (χ1v) is 11.8. The van der Waals surface area contributed by atoms with E-state index in [2.05, 4.69) is 9.88 Å². The largest absolute Gasteiger partial charge is 0.493 e. The number of imidazole rings is 1. The van der Waals surface area contributed by atoms with Gasteiger partial charge in [0.1, 0.15) is 18.2 Å². The zero-order valence-corrected chi connectivity index (χ0v) is 21.0. The molecule has 1 N–H and O–H groups in total. The second-order valence-electron chi connectivity index (χ2n) is 8.25. The highest BCUT2D eigenvalue weighted by Gasteiger charge is 2.17. The van der Waals surface area contributed by atoms with Crippen molar-refractivity contribution >= 4 is 16.9 Å². The lowest BCUT2D eigenvalue weighted by molar-refractivity contribution is 0.0953. The molecule has 0 bridgehead atoms. The zero-order chi connectivity index (χ0) is 25.5. The molecular formula is C28H31N3O5. The van der Waals surface area contributed by atoms with Crippen LogP contribution in [0.15, 0.2) is 60.7 Å². The average molecular weight is 490 g/mol. The molecule has 0 aliphatic rings. The predicted octanol–water partition coefficient (Wildman–Crippen LogP) is 4.42. The van der Waals surface area contributed by atoms with E-state index in [4.69, 9.17) is 23.9 Å². The molecule has 1 amide bonds. The Hall–Kier alpha value is -4.20. The van der Waals surface area contributed by atoms with E-state index in [-0.39, 0.29) is 5.91 Å². The third-order valence-corrected chi connectivity index (χ3v) is 5.90. The molecule has 8 heteroatoms. The number of hydrogen-bond donors (Lipinski definition) is 1. The molecule has 0 unspecified atom stereocenters. The Morgan fingerprint density at radius 3 is 2.31 bits per heavy atom. The highest BCUT2D eigenvalue weighted by atomic mass is 16.5. The fourth-order valence-corrected chi connectivity index (χ4v) is 4.06. The number of nitrogens with one attached hydrogen (secondary N) is 1. The molecule has 1 heterocycles. The lowest BCUT2D eigenvalue weighted by atomic mass is 10.1. The summed E-state index contributed by atoms with van der Waals surface area (Å²) in [5.74, 6) is 2.78. The number of fused-ring (bicyclic) bond motifs is 1. The summed E-state index contributed by atoms with van der Waals surface area (Å²) in [5, 5.41) is 2.97. The summed E-state index contributed by atoms with van der Waals surface area (Å²) < 4.78 is 24.1. The Morgan fingerprint density at radius 1 is 0.944 bits per heavy atom. The molecule has 0 fully saturated rings. The Kier molecular flexibility index (Phi) is 7.95. The fourth-order valence-electron chi connectivity index (χ4n) is 4.06. The molecule has 0 spiro atoms. The van der Waals surface area contributed by atoms with Gasteiger partial charge in [-0.1, -0.05) is 29.8 Å². The number of nitrogens with zero attached hydrogens (tertiary/aromatic N) is 2. The van der Waals surface area contributed by atoms with Crippen molar-refractivity contribution in [2.24, 2.45) is 0 Å². The Labute approximate surface area is 210 Å². The van der Waals surface area contributed by atoms with Gasteiger partial charge in [0.2, 0.25) is 5.75 Å². The molecule has 0 aliphatic heterocycles. The van der Waals surface area contributed by atoms with Crippen LogP contribution >= 0.6 is 0 Å². The van der Waals surface area contributed by atoms with Crippen LogP contribution in [0.4, 0.5) is 0 Å². The van der Waals surface area contributed by atoms with E-state index in [9.17, 15) is 4.79 Å². The second-order valence-corrected chi connectivity index (χ2v) is 8.25. The summed E-state index contributed by atoms with van der Waals surface area (Å²) in [7, 11) is 4.57. The number of rotatable bonds is 11. The maximum absolute atomic E-state index is 12.9. The smallest absolute Gasteiger partial charge is 0.251 e. The third-order valence-electron chi connectivity index (χ3n) is 5.90. The minimum absolute atomic E-state index is 0.236. The standard InChI is InChI=1S/C28H31N3O5/c1-19-9-11-21(12-10-19)36-16-15-31-23-8-6-5-7-22(23)30-26(31)13-14-29-28(32)20-17-24(33-2)27(35-4)25(18-20)34-3/h5-12,17-18H,13-16H2,1-4H3,(H,29,32). The Morgan fingerprint density at radius 2 is 1.64 bits per heavy atom. The predicted molar refractivity (Wildman–Crippen MR) is 139 cm³/mol. The quantitative estimate of drug-likeness (QED) is 0.336. The number of hydrogen-bond acceptors (Lipinski definition) is 6. The molecule has 36 heavy (non-hydrogen) atoms. The van der Waals surface area contributed by atoms with Crippen LogP contribution in [-0.2, 0) is 13.0 Å². The number of para-hydroxylation sites is 2. The number of methoxy groups -OCH3 is 3. The van der Waals surface area contributed by atoms with Gasteiger partial charge >= 0.3 is 0 Å². The monoisotopic (exact) mass is 489 g/mol. The first-order valence-electron chi connectivity index (χ1n) is 11.8. The second kappa shape index (κ2) is 11.5. The maximum atomic E-state index is 12.9. The highest BCUT2D eigenvalue weighted by molar-refractivity contribution is 5.95. The van der Waals surface area contributed by atoms with Crippen molar-refractivity contribution in [2.45, 2.75) is 19.9 Å². The molecular weight excluding hydrogens is 458 g/mol. The third kappa shape index (κ3) is 5.54. The van der Waals surface area contributed by atoms with Crippen LogP contribution in [0.25, 0.3) is 11.0 Å². The SMILES string of the molecule is COc1cc(C(=O)NCCc2nc3ccccc3n2CCOc2ccc(C)cc2)cc(OC)c1OC. The first kappa shape index (κ1) is 24.9. The van der Waals surface area contributed by atoms with Crippen molar-refractivity contribution in [1.29, 1.82) is 0 Å². The van der Waals surface area contributed by atoms with E-state index in [0.29, 0.717) is 48.9 Å². The van der Waals surface area contributed by atoms with Crippen LogP contribution in [0.3, 0.4) is 0 Å². The summed E-state index contributed by atoms with van der Waals surface area (Å²) in [6, 6.07) is 19.3. The molecule has 0 saturated heterocycles. The summed E-state index contributed by atoms with van der Waals surface area (Å²) in [5.41, 5.74) is 3.57. The molecule has 188 valence electrons. The van der Waals surface area contributed by atoms with Crippen molar-refractivity contribution < 1.29 is 23.7 Å². The van der Waals surface area contributed by atoms with E-state index >= 15 is 0 Å². The van der Waals surface area contributed by atoms with E-state index in [1.165, 1.54) is 26.9 Å². The Bertz CT molecular complexity index is 1310. The van der Waals surface area contributed by atoms with Crippen molar-refractivity contribution in [1.82, 2.24) is 14.9 Å². The van der Waals surface area contributed by atoms with Gasteiger partial charge in [0.25, 0.3) is 5.91 Å². The zero-order valence-electron chi connectivity index (χ0n) is 21.0. The maximum Gasteiger partial charge on any atom is 0.251 e. The molecule has 0 aliphatic carbocycles. The minimum atomic E-state index is -0.236. The van der Waals surface area contributed by atoms with Crippen LogP contribution in [-0.4, -0.2) is 49.9 Å². The van der Waals surface area contributed by atoms with Gasteiger partial charge in [0.15, 0.2) is 11.5 Å². The number of carbonyl (C=O) groups is 1. The molecule has 4 rings (SSSR count). The summed E-state index contributed by atoms with van der Waals surface area (Å²) in [6.07, 6.45) is 0.565. The Balaban J connectivity index is 1.44.